The van der Waals surface area contributed by atoms with Crippen LogP contribution in [0, 0.1) is 13.8 Å². The van der Waals surface area contributed by atoms with Gasteiger partial charge in [0.05, 0.1) is 0 Å². The number of rotatable bonds is 74. The van der Waals surface area contributed by atoms with Crippen molar-refractivity contribution in [3.8, 4) is 11.5 Å². The van der Waals surface area contributed by atoms with Crippen molar-refractivity contribution in [2.75, 3.05) is 0 Å². The van der Waals surface area contributed by atoms with Gasteiger partial charge in [-0.1, -0.05) is 480 Å². The molecule has 0 spiro atoms. The molecule has 2 aromatic rings. The molecular formula is C96H178CaO8P2+2. The van der Waals surface area contributed by atoms with E-state index < -0.39 is 27.7 Å². The van der Waals surface area contributed by atoms with Crippen LogP contribution < -0.4 is 9.79 Å². The van der Waals surface area contributed by atoms with Crippen molar-refractivity contribution in [1.82, 2.24) is 0 Å². The zero-order chi connectivity index (χ0) is 78.1. The van der Waals surface area contributed by atoms with Crippen molar-refractivity contribution < 1.29 is 38.2 Å². The Kier molecular flexibility index (Phi) is 70.3. The number of phenols is 2. The SMILES string of the molecule is CCCCCCCCCCCCCCCCCCC(CCCCCCCCCCCCCCCCCC)(O[P+](=O)[O-])c1cc(C)c(O)c(C(C)(C)C)c1.CCCCCCCCCCCCCCCCCCC(CCCCCCCCCCCCCCCCCC)(O[P+](=O)[O-])c1cc(C)c(O)c(C(C)(C)C)c1.[Ca+2]. The molecule has 0 saturated heterocycles. The molecule has 0 aliphatic rings. The van der Waals surface area contributed by atoms with Gasteiger partial charge in [-0.25, -0.2) is 0 Å². The monoisotopic (exact) mass is 1560 g/mol. The minimum atomic E-state index is -3.02. The topological polar surface area (TPSA) is 139 Å². The average Bonchev–Trinajstić information content (AvgIpc) is 0.781. The van der Waals surface area contributed by atoms with Crippen LogP contribution in [0.1, 0.15) is 539 Å². The van der Waals surface area contributed by atoms with Crippen LogP contribution in [0.5, 0.6) is 11.5 Å². The molecule has 0 bridgehead atoms. The molecule has 8 nitrogen and oxygen atoms in total. The minimum absolute atomic E-state index is 0. The van der Waals surface area contributed by atoms with E-state index >= 15 is 0 Å². The third-order valence-corrected chi connectivity index (χ3v) is 24.5. The van der Waals surface area contributed by atoms with Crippen LogP contribution in [0.15, 0.2) is 24.3 Å². The third-order valence-electron chi connectivity index (χ3n) is 23.5. The summed E-state index contributed by atoms with van der Waals surface area (Å²) in [5, 5.41) is 22.0. The average molecular weight is 1560 g/mol. The number of benzene rings is 2. The zero-order valence-corrected chi connectivity index (χ0v) is 77.3. The van der Waals surface area contributed by atoms with E-state index in [0.717, 1.165) is 84.7 Å². The Hall–Kier alpha value is -0.660. The first-order valence-corrected chi connectivity index (χ1v) is 48.7. The van der Waals surface area contributed by atoms with Gasteiger partial charge in [0.1, 0.15) is 22.7 Å². The predicted octanol–water partition coefficient (Wildman–Crippen LogP) is 32.7. The smallest absolute Gasteiger partial charge is 0.566 e. The first kappa shape index (κ1) is 106. The molecule has 0 heterocycles. The van der Waals surface area contributed by atoms with Crippen LogP contribution in [0.3, 0.4) is 0 Å². The van der Waals surface area contributed by atoms with Crippen molar-refractivity contribution in [2.45, 2.75) is 542 Å². The fourth-order valence-electron chi connectivity index (χ4n) is 16.5. The van der Waals surface area contributed by atoms with Crippen LogP contribution in [0.2, 0.25) is 0 Å². The molecule has 0 aromatic heterocycles. The molecular weight excluding hydrogens is 1380 g/mol. The number of aryl methyl sites for hydroxylation is 2. The number of hydrogen-bond donors (Lipinski definition) is 2. The fraction of sp³-hybridized carbons (Fsp3) is 0.875. The molecule has 2 aromatic carbocycles. The van der Waals surface area contributed by atoms with Gasteiger partial charge in [0, 0.05) is 0 Å². The van der Waals surface area contributed by atoms with E-state index in [1.807, 2.05) is 38.1 Å². The first-order valence-electron chi connectivity index (χ1n) is 46.5. The van der Waals surface area contributed by atoms with Crippen LogP contribution >= 0.6 is 16.5 Å². The van der Waals surface area contributed by atoms with Gasteiger partial charge < -0.3 is 20.0 Å². The summed E-state index contributed by atoms with van der Waals surface area (Å²) < 4.78 is 36.7. The Morgan fingerprint density at radius 3 is 0.542 bits per heavy atom. The predicted molar refractivity (Wildman–Crippen MR) is 466 cm³/mol. The van der Waals surface area contributed by atoms with Crippen molar-refractivity contribution in [1.29, 1.82) is 0 Å². The summed E-state index contributed by atoms with van der Waals surface area (Å²) in [6.45, 7) is 25.6. The van der Waals surface area contributed by atoms with Crippen LogP contribution in [0.25, 0.3) is 0 Å². The van der Waals surface area contributed by atoms with Crippen molar-refractivity contribution >= 4 is 54.2 Å². The Bertz CT molecular complexity index is 2130. The maximum Gasteiger partial charge on any atom is 2.00 e. The quantitative estimate of drug-likeness (QED) is 0.0379. The molecule has 0 saturated carbocycles. The molecule has 11 heteroatoms. The Morgan fingerprint density at radius 1 is 0.271 bits per heavy atom. The largest absolute Gasteiger partial charge is 2.00 e. The summed E-state index contributed by atoms with van der Waals surface area (Å²) in [7, 11) is -6.04. The second-order valence-electron chi connectivity index (χ2n) is 35.7. The van der Waals surface area contributed by atoms with Gasteiger partial charge in [-0.15, -0.1) is 9.05 Å². The number of aromatic hydroxyl groups is 2. The Balaban J connectivity index is 0.00000208. The van der Waals surface area contributed by atoms with E-state index in [0.29, 0.717) is 37.2 Å². The number of hydrogen-bond acceptors (Lipinski definition) is 8. The van der Waals surface area contributed by atoms with Gasteiger partial charge in [0.15, 0.2) is 0 Å². The Labute approximate surface area is 697 Å². The summed E-state index contributed by atoms with van der Waals surface area (Å²) in [4.78, 5) is 24.7. The molecule has 0 fully saturated rings. The van der Waals surface area contributed by atoms with Crippen LogP contribution in [-0.2, 0) is 40.2 Å². The minimum Gasteiger partial charge on any atom is -0.566 e. The molecule has 620 valence electrons. The normalized spacial score (nSPS) is 12.4. The summed E-state index contributed by atoms with van der Waals surface area (Å²) in [6.07, 6.45) is 87.0. The van der Waals surface area contributed by atoms with Crippen molar-refractivity contribution in [3.05, 3.63) is 57.6 Å². The van der Waals surface area contributed by atoms with E-state index in [-0.39, 0.29) is 48.6 Å². The molecule has 0 aliphatic heterocycles. The number of unbranched alkanes of at least 4 members (excludes halogenated alkanes) is 60. The standard InChI is InChI=1S/2C48H89O4P.Ca/c2*1-7-9-11-13-15-17-19-21-23-25-27-29-31-33-35-37-39-48(52-53(50)51,44-41-43(3)46(49)45(42-44)47(4,5)6)40-38-36-34-32-30-28-26-24-22-20-18-16-14-12-10-8-2;/h2*41-42,49H,7-40H2,1-6H3;/q;;+2. The summed E-state index contributed by atoms with van der Waals surface area (Å²) in [5.74, 6) is 0.623. The van der Waals surface area contributed by atoms with Gasteiger partial charge in [-0.3, -0.25) is 0 Å². The molecule has 0 amide bonds. The van der Waals surface area contributed by atoms with E-state index in [1.165, 1.54) is 360 Å². The number of phenolic OH excluding ortho intramolecular Hbond substituents is 2. The summed E-state index contributed by atoms with van der Waals surface area (Å²) in [5.41, 5.74) is 2.86. The van der Waals surface area contributed by atoms with Crippen molar-refractivity contribution in [2.24, 2.45) is 0 Å². The molecule has 2 N–H and O–H groups in total. The van der Waals surface area contributed by atoms with Gasteiger partial charge in [-0.05, 0) is 117 Å². The fourth-order valence-corrected chi connectivity index (χ4v) is 17.6. The molecule has 2 atom stereocenters. The van der Waals surface area contributed by atoms with Gasteiger partial charge >= 0.3 is 54.2 Å². The van der Waals surface area contributed by atoms with E-state index in [4.69, 9.17) is 9.05 Å². The van der Waals surface area contributed by atoms with E-state index in [9.17, 15) is 29.1 Å². The third kappa shape index (κ3) is 56.3. The second kappa shape index (κ2) is 70.7. The van der Waals surface area contributed by atoms with E-state index in [2.05, 4.69) is 69.2 Å². The molecule has 2 unspecified atom stereocenters. The first-order chi connectivity index (χ1) is 51.1. The molecule has 107 heavy (non-hydrogen) atoms. The molecule has 0 radical (unpaired) electrons. The Morgan fingerprint density at radius 2 is 0.411 bits per heavy atom. The molecule has 0 aliphatic carbocycles. The zero-order valence-electron chi connectivity index (χ0n) is 73.3. The van der Waals surface area contributed by atoms with Crippen molar-refractivity contribution in [3.63, 3.8) is 0 Å². The second-order valence-corrected chi connectivity index (χ2v) is 37.0. The summed E-state index contributed by atoms with van der Waals surface area (Å²) in [6, 6.07) is 8.06. The van der Waals surface area contributed by atoms with Gasteiger partial charge in [-0.2, -0.15) is 0 Å². The maximum absolute atomic E-state index is 12.3. The van der Waals surface area contributed by atoms with Gasteiger partial charge in [0.25, 0.3) is 0 Å². The van der Waals surface area contributed by atoms with Crippen LogP contribution in [0.4, 0.5) is 0 Å². The maximum atomic E-state index is 12.3. The van der Waals surface area contributed by atoms with E-state index in [1.54, 1.807) is 0 Å². The van der Waals surface area contributed by atoms with Gasteiger partial charge in [0.2, 0.25) is 0 Å². The van der Waals surface area contributed by atoms with Crippen LogP contribution in [-0.4, -0.2) is 48.0 Å². The summed E-state index contributed by atoms with van der Waals surface area (Å²) >= 11 is 0. The molecule has 2 rings (SSSR count).